The summed E-state index contributed by atoms with van der Waals surface area (Å²) in [6.45, 7) is 14.4. The molecule has 51 heavy (non-hydrogen) atoms. The van der Waals surface area contributed by atoms with E-state index in [1.165, 1.54) is 6.92 Å². The van der Waals surface area contributed by atoms with Gasteiger partial charge in [-0.2, -0.15) is 4.98 Å². The highest BCUT2D eigenvalue weighted by Crippen LogP contribution is 2.40. The molecule has 1 amide bonds. The molecule has 14 heteroatoms. The molecule has 0 saturated carbocycles. The molecule has 2 aliphatic heterocycles. The van der Waals surface area contributed by atoms with Gasteiger partial charge in [0, 0.05) is 90.0 Å². The highest BCUT2D eigenvalue weighted by molar-refractivity contribution is 6.76. The number of benzene rings is 2. The minimum Gasteiger partial charge on any atom is -0.474 e. The summed E-state index contributed by atoms with van der Waals surface area (Å²) in [7, 11) is -1.23. The number of anilines is 3. The van der Waals surface area contributed by atoms with Crippen molar-refractivity contribution in [1.29, 1.82) is 0 Å². The van der Waals surface area contributed by atoms with Crippen molar-refractivity contribution in [3.63, 3.8) is 0 Å². The van der Waals surface area contributed by atoms with E-state index in [9.17, 15) is 4.79 Å². The molecule has 0 spiro atoms. The van der Waals surface area contributed by atoms with Crippen LogP contribution in [-0.2, 0) is 27.4 Å². The first-order chi connectivity index (χ1) is 24.5. The van der Waals surface area contributed by atoms with Crippen LogP contribution in [0.15, 0.2) is 48.7 Å². The van der Waals surface area contributed by atoms with Crippen molar-refractivity contribution < 1.29 is 19.0 Å². The van der Waals surface area contributed by atoms with Crippen molar-refractivity contribution in [2.75, 3.05) is 48.4 Å². The number of hydrogen-bond donors (Lipinski definition) is 2. The number of nitrogens with one attached hydrogen (secondary N) is 2. The maximum atomic E-state index is 12.5. The maximum Gasteiger partial charge on any atom is 0.221 e. The molecule has 2 fully saturated rings. The third-order valence-corrected chi connectivity index (χ3v) is 11.1. The molecule has 2 saturated heterocycles. The summed E-state index contributed by atoms with van der Waals surface area (Å²) in [5.74, 6) is 2.58. The monoisotopic (exact) mass is 732 g/mol. The minimum atomic E-state index is -1.23. The van der Waals surface area contributed by atoms with Crippen LogP contribution in [0.5, 0.6) is 5.88 Å². The summed E-state index contributed by atoms with van der Waals surface area (Å²) in [5.41, 5.74) is 4.46. The Morgan fingerprint density at radius 1 is 1.08 bits per heavy atom. The molecular formula is C37H49ClN8O4Si. The van der Waals surface area contributed by atoms with Crippen LogP contribution in [0.2, 0.25) is 30.7 Å². The molecule has 2 N–H and O–H groups in total. The lowest BCUT2D eigenvalue weighted by Gasteiger charge is -2.36. The van der Waals surface area contributed by atoms with Crippen LogP contribution >= 0.6 is 11.6 Å². The molecule has 4 heterocycles. The van der Waals surface area contributed by atoms with Crippen LogP contribution < -0.4 is 20.3 Å². The number of piperidine rings is 1. The van der Waals surface area contributed by atoms with Crippen molar-refractivity contribution in [2.45, 2.75) is 84.2 Å². The van der Waals surface area contributed by atoms with Crippen molar-refractivity contribution in [1.82, 2.24) is 24.7 Å². The van der Waals surface area contributed by atoms with E-state index in [2.05, 4.69) is 56.4 Å². The molecule has 0 radical (unpaired) electrons. The van der Waals surface area contributed by atoms with E-state index >= 15 is 0 Å². The Kier molecular flexibility index (Phi) is 11.9. The number of aromatic nitrogens is 5. The fourth-order valence-electron chi connectivity index (χ4n) is 6.13. The fraction of sp³-hybridized carbons (Fsp3) is 0.486. The van der Waals surface area contributed by atoms with E-state index < -0.39 is 8.07 Å². The van der Waals surface area contributed by atoms with Gasteiger partial charge in [-0.25, -0.2) is 4.98 Å². The lowest BCUT2D eigenvalue weighted by Crippen LogP contribution is -2.39. The van der Waals surface area contributed by atoms with Crippen LogP contribution in [0.25, 0.3) is 11.4 Å². The largest absolute Gasteiger partial charge is 0.474 e. The fourth-order valence-corrected chi connectivity index (χ4v) is 7.01. The van der Waals surface area contributed by atoms with E-state index in [-0.39, 0.29) is 18.1 Å². The second kappa shape index (κ2) is 16.5. The van der Waals surface area contributed by atoms with E-state index in [1.54, 1.807) is 6.20 Å². The summed E-state index contributed by atoms with van der Waals surface area (Å²) >= 11 is 6.06. The van der Waals surface area contributed by atoms with Gasteiger partial charge < -0.3 is 29.7 Å². The van der Waals surface area contributed by atoms with Gasteiger partial charge in [0.1, 0.15) is 24.5 Å². The maximum absolute atomic E-state index is 12.5. The number of ether oxygens (including phenoxy) is 3. The first-order valence-electron chi connectivity index (χ1n) is 17.8. The highest BCUT2D eigenvalue weighted by atomic mass is 35.5. The topological polar surface area (TPSA) is 129 Å². The molecule has 272 valence electrons. The Labute approximate surface area is 306 Å². The van der Waals surface area contributed by atoms with Gasteiger partial charge in [-0.1, -0.05) is 43.4 Å². The summed E-state index contributed by atoms with van der Waals surface area (Å²) in [4.78, 5) is 24.0. The Bertz CT molecular complexity index is 1790. The van der Waals surface area contributed by atoms with E-state index in [0.717, 1.165) is 73.3 Å². The van der Waals surface area contributed by atoms with Crippen molar-refractivity contribution in [2.24, 2.45) is 0 Å². The first-order valence-corrected chi connectivity index (χ1v) is 21.9. The third-order valence-electron chi connectivity index (χ3n) is 9.16. The molecule has 0 bridgehead atoms. The zero-order chi connectivity index (χ0) is 36.0. The molecule has 4 aromatic rings. The molecule has 1 atom stereocenters. The summed E-state index contributed by atoms with van der Waals surface area (Å²) in [5, 5.41) is 16.4. The van der Waals surface area contributed by atoms with Crippen LogP contribution in [0, 0.1) is 6.92 Å². The molecule has 12 nitrogen and oxygen atoms in total. The zero-order valence-electron chi connectivity index (χ0n) is 30.2. The van der Waals surface area contributed by atoms with E-state index in [4.69, 9.17) is 30.8 Å². The SMILES string of the molecule is CC(=O)Nc1cc(-c2nnc(C)n2COCC[Si](C)(C)C)cc(N2CCC(Oc3ccnc(Cc4ccc(Cl)cc4)n3)CC2)c1NC[C@@H]1CCO1. The average Bonchev–Trinajstić information content (AvgIpc) is 3.43. The van der Waals surface area contributed by atoms with E-state index in [1.807, 2.05) is 47.9 Å². The molecule has 2 aliphatic rings. The first kappa shape index (κ1) is 36.7. The highest BCUT2D eigenvalue weighted by Gasteiger charge is 2.27. The molecule has 0 unspecified atom stereocenters. The smallest absolute Gasteiger partial charge is 0.221 e. The molecule has 2 aromatic carbocycles. The number of rotatable bonds is 15. The molecule has 6 rings (SSSR count). The molecule has 2 aromatic heterocycles. The van der Waals surface area contributed by atoms with Gasteiger partial charge in [-0.05, 0) is 49.2 Å². The van der Waals surface area contributed by atoms with E-state index in [0.29, 0.717) is 54.5 Å². The number of carbonyl (C=O) groups excluding carboxylic acids is 1. The number of nitrogens with zero attached hydrogens (tertiary/aromatic N) is 6. The van der Waals surface area contributed by atoms with Gasteiger partial charge >= 0.3 is 0 Å². The quantitative estimate of drug-likeness (QED) is 0.0994. The standard InChI is InChI=1S/C37H49ClN8O4Si/c1-25-43-44-37(46(25)24-48-18-19-51(3,4)5)28-21-32(41-26(2)47)36(40-23-31-13-17-49-31)33(22-28)45-15-11-30(12-16-45)50-35-10-14-39-34(42-35)20-27-6-8-29(38)9-7-27/h6-10,14,21-22,30-31,40H,11-13,15-20,23-24H2,1-5H3,(H,41,47)/t31-/m0/s1. The van der Waals surface area contributed by atoms with Crippen molar-refractivity contribution >= 4 is 42.6 Å². The minimum absolute atomic E-state index is 0.00336. The molecule has 0 aliphatic carbocycles. The number of aryl methyl sites for hydroxylation is 1. The van der Waals surface area contributed by atoms with Crippen LogP contribution in [-0.4, -0.2) is 83.8 Å². The lowest BCUT2D eigenvalue weighted by atomic mass is 10.0. The lowest BCUT2D eigenvalue weighted by molar-refractivity contribution is -0.114. The van der Waals surface area contributed by atoms with Gasteiger partial charge in [0.25, 0.3) is 0 Å². The van der Waals surface area contributed by atoms with Crippen LogP contribution in [0.1, 0.15) is 43.4 Å². The predicted molar refractivity (Wildman–Crippen MR) is 204 cm³/mol. The Morgan fingerprint density at radius 2 is 1.84 bits per heavy atom. The number of halogens is 1. The molecular weight excluding hydrogens is 684 g/mol. The Balaban J connectivity index is 1.22. The number of carbonyl (C=O) groups is 1. The Hall–Kier alpha value is -4.04. The average molecular weight is 733 g/mol. The number of hydrogen-bond acceptors (Lipinski definition) is 10. The van der Waals surface area contributed by atoms with Crippen LogP contribution in [0.3, 0.4) is 0 Å². The van der Waals surface area contributed by atoms with Gasteiger partial charge in [-0.15, -0.1) is 10.2 Å². The summed E-state index contributed by atoms with van der Waals surface area (Å²) in [6.07, 6.45) is 5.07. The second-order valence-electron chi connectivity index (χ2n) is 14.5. The van der Waals surface area contributed by atoms with Gasteiger partial charge in [0.15, 0.2) is 5.82 Å². The van der Waals surface area contributed by atoms with Gasteiger partial charge in [-0.3, -0.25) is 9.36 Å². The van der Waals surface area contributed by atoms with Gasteiger partial charge in [0.05, 0.1) is 23.2 Å². The summed E-state index contributed by atoms with van der Waals surface area (Å²) < 4.78 is 20.3. The zero-order valence-corrected chi connectivity index (χ0v) is 32.0. The van der Waals surface area contributed by atoms with Crippen LogP contribution in [0.4, 0.5) is 17.1 Å². The summed E-state index contributed by atoms with van der Waals surface area (Å²) in [6, 6.07) is 14.7. The third kappa shape index (κ3) is 10.1. The Morgan fingerprint density at radius 3 is 2.53 bits per heavy atom. The predicted octanol–water partition coefficient (Wildman–Crippen LogP) is 6.81. The van der Waals surface area contributed by atoms with Gasteiger partial charge in [0.2, 0.25) is 11.8 Å². The van der Waals surface area contributed by atoms with Crippen molar-refractivity contribution in [3.05, 3.63) is 70.9 Å². The van der Waals surface area contributed by atoms with Crippen molar-refractivity contribution in [3.8, 4) is 17.3 Å². The second-order valence-corrected chi connectivity index (χ2v) is 20.6. The number of amides is 1. The normalized spacial score (nSPS) is 16.5.